The molecule has 0 radical (unpaired) electrons. The minimum atomic E-state index is 0.524. The standard InChI is InChI=1S/C16H22/c1-3-4-5-6-7-9-12-15(2)16-13-10-8-11-14-16/h4-5,8-15H,3,6-7H2,1-2H3/b5-4-,12-9+. The fraction of sp³-hybridized carbons (Fsp3) is 0.375. The first-order chi connectivity index (χ1) is 7.84. The van der Waals surface area contributed by atoms with Crippen molar-refractivity contribution in [1.82, 2.24) is 0 Å². The number of hydrogen-bond acceptors (Lipinski definition) is 0. The van der Waals surface area contributed by atoms with Crippen LogP contribution in [0.1, 0.15) is 44.6 Å². The Balaban J connectivity index is 2.31. The van der Waals surface area contributed by atoms with Crippen molar-refractivity contribution in [3.63, 3.8) is 0 Å². The van der Waals surface area contributed by atoms with Gasteiger partial charge in [-0.15, -0.1) is 0 Å². The van der Waals surface area contributed by atoms with E-state index in [2.05, 4.69) is 68.5 Å². The van der Waals surface area contributed by atoms with Gasteiger partial charge in [0.15, 0.2) is 0 Å². The highest BCUT2D eigenvalue weighted by atomic mass is 14.0. The zero-order valence-electron chi connectivity index (χ0n) is 10.4. The van der Waals surface area contributed by atoms with Crippen LogP contribution >= 0.6 is 0 Å². The molecule has 0 spiro atoms. The second kappa shape index (κ2) is 7.92. The summed E-state index contributed by atoms with van der Waals surface area (Å²) in [6, 6.07) is 10.6. The molecule has 1 aromatic carbocycles. The van der Waals surface area contributed by atoms with Crippen LogP contribution in [0.4, 0.5) is 0 Å². The Labute approximate surface area is 99.7 Å². The van der Waals surface area contributed by atoms with Crippen molar-refractivity contribution >= 4 is 0 Å². The Morgan fingerprint density at radius 2 is 1.69 bits per heavy atom. The lowest BCUT2D eigenvalue weighted by atomic mass is 10.0. The summed E-state index contributed by atoms with van der Waals surface area (Å²) in [5, 5.41) is 0. The maximum absolute atomic E-state index is 2.30. The Kier molecular flexibility index (Phi) is 6.32. The van der Waals surface area contributed by atoms with Gasteiger partial charge in [0.05, 0.1) is 0 Å². The van der Waals surface area contributed by atoms with E-state index in [9.17, 15) is 0 Å². The summed E-state index contributed by atoms with van der Waals surface area (Å²) in [5.41, 5.74) is 1.39. The summed E-state index contributed by atoms with van der Waals surface area (Å²) in [5.74, 6) is 0.524. The molecule has 1 rings (SSSR count). The normalized spacial score (nSPS) is 13.6. The van der Waals surface area contributed by atoms with Crippen LogP contribution in [0.25, 0.3) is 0 Å². The van der Waals surface area contributed by atoms with Crippen LogP contribution < -0.4 is 0 Å². The van der Waals surface area contributed by atoms with Crippen LogP contribution in [-0.4, -0.2) is 0 Å². The molecule has 0 nitrogen and oxygen atoms in total. The Morgan fingerprint density at radius 3 is 2.38 bits per heavy atom. The second-order valence-electron chi connectivity index (χ2n) is 4.08. The molecular formula is C16H22. The molecule has 1 unspecified atom stereocenters. The van der Waals surface area contributed by atoms with Gasteiger partial charge in [-0.25, -0.2) is 0 Å². The fourth-order valence-electron chi connectivity index (χ4n) is 1.65. The van der Waals surface area contributed by atoms with Crippen molar-refractivity contribution in [2.24, 2.45) is 0 Å². The third-order valence-corrected chi connectivity index (χ3v) is 2.65. The highest BCUT2D eigenvalue weighted by Crippen LogP contribution is 2.16. The van der Waals surface area contributed by atoms with Gasteiger partial charge in [-0.3, -0.25) is 0 Å². The third kappa shape index (κ3) is 4.97. The van der Waals surface area contributed by atoms with Crippen molar-refractivity contribution in [2.45, 2.75) is 39.0 Å². The van der Waals surface area contributed by atoms with Crippen LogP contribution in [0.15, 0.2) is 54.6 Å². The maximum Gasteiger partial charge on any atom is -0.00104 e. The SMILES string of the molecule is CC/C=C\CC/C=C/C(C)c1ccccc1. The molecule has 0 heteroatoms. The lowest BCUT2D eigenvalue weighted by molar-refractivity contribution is 0.944. The number of unbranched alkanes of at least 4 members (excludes halogenated alkanes) is 1. The van der Waals surface area contributed by atoms with Crippen molar-refractivity contribution in [1.29, 1.82) is 0 Å². The maximum atomic E-state index is 2.30. The molecular weight excluding hydrogens is 192 g/mol. The van der Waals surface area contributed by atoms with Gasteiger partial charge in [0, 0.05) is 0 Å². The molecule has 1 aromatic rings. The molecule has 0 aliphatic carbocycles. The van der Waals surface area contributed by atoms with Gasteiger partial charge in [0.2, 0.25) is 0 Å². The number of hydrogen-bond donors (Lipinski definition) is 0. The van der Waals surface area contributed by atoms with Crippen LogP contribution in [-0.2, 0) is 0 Å². The first-order valence-electron chi connectivity index (χ1n) is 6.21. The molecule has 1 atom stereocenters. The van der Waals surface area contributed by atoms with E-state index in [1.165, 1.54) is 5.56 Å². The molecule has 86 valence electrons. The lowest BCUT2D eigenvalue weighted by Crippen LogP contribution is -1.87. The average molecular weight is 214 g/mol. The molecule has 0 aliphatic heterocycles. The smallest absolute Gasteiger partial charge is 0.00104 e. The quantitative estimate of drug-likeness (QED) is 0.457. The van der Waals surface area contributed by atoms with E-state index in [0.29, 0.717) is 5.92 Å². The molecule has 16 heavy (non-hydrogen) atoms. The number of allylic oxidation sites excluding steroid dienone is 4. The van der Waals surface area contributed by atoms with E-state index in [1.54, 1.807) is 0 Å². The van der Waals surface area contributed by atoms with Gasteiger partial charge in [0.1, 0.15) is 0 Å². The van der Waals surface area contributed by atoms with Crippen LogP contribution in [0.2, 0.25) is 0 Å². The van der Waals surface area contributed by atoms with Crippen molar-refractivity contribution < 1.29 is 0 Å². The minimum Gasteiger partial charge on any atom is -0.0888 e. The molecule has 0 aliphatic rings. The van der Waals surface area contributed by atoms with Crippen LogP contribution in [0.3, 0.4) is 0 Å². The monoisotopic (exact) mass is 214 g/mol. The molecule has 0 heterocycles. The molecule has 0 saturated heterocycles. The molecule has 0 bridgehead atoms. The lowest BCUT2D eigenvalue weighted by Gasteiger charge is -2.05. The largest absolute Gasteiger partial charge is 0.0888 e. The average Bonchev–Trinajstić information content (AvgIpc) is 2.34. The Hall–Kier alpha value is -1.30. The molecule has 0 saturated carbocycles. The van der Waals surface area contributed by atoms with Gasteiger partial charge in [0.25, 0.3) is 0 Å². The van der Waals surface area contributed by atoms with Crippen LogP contribution in [0, 0.1) is 0 Å². The predicted molar refractivity (Wildman–Crippen MR) is 72.7 cm³/mol. The van der Waals surface area contributed by atoms with Gasteiger partial charge < -0.3 is 0 Å². The highest BCUT2D eigenvalue weighted by molar-refractivity contribution is 5.22. The van der Waals surface area contributed by atoms with E-state index >= 15 is 0 Å². The number of rotatable bonds is 6. The minimum absolute atomic E-state index is 0.524. The van der Waals surface area contributed by atoms with Crippen molar-refractivity contribution in [2.75, 3.05) is 0 Å². The van der Waals surface area contributed by atoms with Gasteiger partial charge in [-0.2, -0.15) is 0 Å². The summed E-state index contributed by atoms with van der Waals surface area (Å²) in [7, 11) is 0. The first-order valence-corrected chi connectivity index (χ1v) is 6.21. The van der Waals surface area contributed by atoms with E-state index in [4.69, 9.17) is 0 Å². The first kappa shape index (κ1) is 12.8. The topological polar surface area (TPSA) is 0 Å². The zero-order chi connectivity index (χ0) is 11.6. The van der Waals surface area contributed by atoms with Gasteiger partial charge in [-0.05, 0) is 30.7 Å². The van der Waals surface area contributed by atoms with E-state index in [1.807, 2.05) is 0 Å². The Morgan fingerprint density at radius 1 is 1.00 bits per heavy atom. The summed E-state index contributed by atoms with van der Waals surface area (Å²) >= 11 is 0. The van der Waals surface area contributed by atoms with Crippen molar-refractivity contribution in [3.05, 3.63) is 60.2 Å². The van der Waals surface area contributed by atoms with E-state index in [0.717, 1.165) is 19.3 Å². The number of benzene rings is 1. The zero-order valence-corrected chi connectivity index (χ0v) is 10.4. The highest BCUT2D eigenvalue weighted by Gasteiger charge is 1.98. The molecule has 0 amide bonds. The summed E-state index contributed by atoms with van der Waals surface area (Å²) in [4.78, 5) is 0. The van der Waals surface area contributed by atoms with Crippen LogP contribution in [0.5, 0.6) is 0 Å². The fourth-order valence-corrected chi connectivity index (χ4v) is 1.65. The molecule has 0 N–H and O–H groups in total. The molecule has 0 aromatic heterocycles. The van der Waals surface area contributed by atoms with E-state index in [-0.39, 0.29) is 0 Å². The van der Waals surface area contributed by atoms with Crippen molar-refractivity contribution in [3.8, 4) is 0 Å². The summed E-state index contributed by atoms with van der Waals surface area (Å²) in [6.07, 6.45) is 12.5. The Bertz CT molecular complexity index is 319. The van der Waals surface area contributed by atoms with E-state index < -0.39 is 0 Å². The third-order valence-electron chi connectivity index (χ3n) is 2.65. The summed E-state index contributed by atoms with van der Waals surface area (Å²) in [6.45, 7) is 4.41. The predicted octanol–water partition coefficient (Wildman–Crippen LogP) is 5.09. The summed E-state index contributed by atoms with van der Waals surface area (Å²) < 4.78 is 0. The molecule has 0 fully saturated rings. The second-order valence-corrected chi connectivity index (χ2v) is 4.08. The van der Waals surface area contributed by atoms with Gasteiger partial charge >= 0.3 is 0 Å². The van der Waals surface area contributed by atoms with Gasteiger partial charge in [-0.1, -0.05) is 68.5 Å².